The minimum atomic E-state index is 0.428. The molecule has 0 aliphatic heterocycles. The summed E-state index contributed by atoms with van der Waals surface area (Å²) in [4.78, 5) is 1.20. The Morgan fingerprint density at radius 3 is 2.50 bits per heavy atom. The van der Waals surface area contributed by atoms with Crippen molar-refractivity contribution in [1.29, 1.82) is 5.26 Å². The summed E-state index contributed by atoms with van der Waals surface area (Å²) in [5.41, 5.74) is 1.46. The normalized spacial score (nSPS) is 9.85. The lowest BCUT2D eigenvalue weighted by Gasteiger charge is -2.08. The Morgan fingerprint density at radius 2 is 1.90 bits per heavy atom. The molecule has 0 aliphatic rings. The fourth-order valence-electron chi connectivity index (χ4n) is 1.77. The van der Waals surface area contributed by atoms with Crippen molar-refractivity contribution in [2.75, 3.05) is 13.4 Å². The van der Waals surface area contributed by atoms with Gasteiger partial charge >= 0.3 is 0 Å². The number of thioether (sulfide) groups is 1. The molecule has 0 saturated carbocycles. The van der Waals surface area contributed by atoms with E-state index in [2.05, 4.69) is 6.07 Å². The number of hydrogen-bond donors (Lipinski definition) is 0. The maximum Gasteiger partial charge on any atom is 0.136 e. The first-order valence-corrected chi connectivity index (χ1v) is 7.33. The van der Waals surface area contributed by atoms with Crippen LogP contribution in [0.1, 0.15) is 11.1 Å². The average Bonchev–Trinajstić information content (AvgIpc) is 2.53. The van der Waals surface area contributed by atoms with Crippen LogP contribution in [-0.4, -0.2) is 13.4 Å². The third kappa shape index (κ3) is 3.46. The molecule has 0 aliphatic carbocycles. The molecule has 0 atom stereocenters. The Morgan fingerprint density at radius 1 is 1.15 bits per heavy atom. The van der Waals surface area contributed by atoms with Gasteiger partial charge in [0.1, 0.15) is 24.2 Å². The Labute approximate surface area is 123 Å². The van der Waals surface area contributed by atoms with Gasteiger partial charge in [0.25, 0.3) is 0 Å². The van der Waals surface area contributed by atoms with Crippen LogP contribution in [0.25, 0.3) is 0 Å². The van der Waals surface area contributed by atoms with Crippen molar-refractivity contribution >= 4 is 11.8 Å². The molecule has 0 aromatic heterocycles. The molecule has 20 heavy (non-hydrogen) atoms. The first-order chi connectivity index (χ1) is 9.76. The SMILES string of the molecule is COc1ccc(COc2ccc(SC)cc2)cc1C#N. The van der Waals surface area contributed by atoms with Gasteiger partial charge in [0.2, 0.25) is 0 Å². The van der Waals surface area contributed by atoms with Gasteiger partial charge in [0, 0.05) is 4.90 Å². The van der Waals surface area contributed by atoms with E-state index >= 15 is 0 Å². The van der Waals surface area contributed by atoms with E-state index in [0.717, 1.165) is 11.3 Å². The molecule has 0 amide bonds. The fraction of sp³-hybridized carbons (Fsp3) is 0.188. The monoisotopic (exact) mass is 285 g/mol. The van der Waals surface area contributed by atoms with Crippen molar-refractivity contribution in [2.24, 2.45) is 0 Å². The van der Waals surface area contributed by atoms with Crippen LogP contribution < -0.4 is 9.47 Å². The van der Waals surface area contributed by atoms with Crippen molar-refractivity contribution < 1.29 is 9.47 Å². The fourth-order valence-corrected chi connectivity index (χ4v) is 2.18. The van der Waals surface area contributed by atoms with Crippen LogP contribution in [0.4, 0.5) is 0 Å². The zero-order valence-electron chi connectivity index (χ0n) is 11.4. The molecule has 0 heterocycles. The number of methoxy groups -OCH3 is 1. The van der Waals surface area contributed by atoms with E-state index in [4.69, 9.17) is 14.7 Å². The smallest absolute Gasteiger partial charge is 0.136 e. The van der Waals surface area contributed by atoms with Crippen LogP contribution in [0.3, 0.4) is 0 Å². The van der Waals surface area contributed by atoms with Gasteiger partial charge in [-0.05, 0) is 48.2 Å². The molecule has 0 unspecified atom stereocenters. The molecule has 3 nitrogen and oxygen atoms in total. The highest BCUT2D eigenvalue weighted by atomic mass is 32.2. The molecular weight excluding hydrogens is 270 g/mol. The van der Waals surface area contributed by atoms with Gasteiger partial charge in [-0.1, -0.05) is 6.07 Å². The van der Waals surface area contributed by atoms with E-state index in [9.17, 15) is 0 Å². The second kappa shape index (κ2) is 6.88. The molecule has 4 heteroatoms. The van der Waals surface area contributed by atoms with E-state index < -0.39 is 0 Å². The lowest BCUT2D eigenvalue weighted by molar-refractivity contribution is 0.305. The molecule has 0 N–H and O–H groups in total. The minimum Gasteiger partial charge on any atom is -0.495 e. The van der Waals surface area contributed by atoms with Gasteiger partial charge in [-0.15, -0.1) is 11.8 Å². The summed E-state index contributed by atoms with van der Waals surface area (Å²) in [6.07, 6.45) is 2.04. The van der Waals surface area contributed by atoms with Crippen molar-refractivity contribution in [3.63, 3.8) is 0 Å². The van der Waals surface area contributed by atoms with E-state index in [0.29, 0.717) is 17.9 Å². The Hall–Kier alpha value is -2.12. The summed E-state index contributed by atoms with van der Waals surface area (Å²) in [6, 6.07) is 15.5. The molecule has 0 fully saturated rings. The van der Waals surface area contributed by atoms with Gasteiger partial charge < -0.3 is 9.47 Å². The Bertz CT molecular complexity index is 617. The second-order valence-electron chi connectivity index (χ2n) is 4.11. The molecule has 0 saturated heterocycles. The summed E-state index contributed by atoms with van der Waals surface area (Å²) in [6.45, 7) is 0.428. The molecular formula is C16H15NO2S. The van der Waals surface area contributed by atoms with Crippen molar-refractivity contribution in [1.82, 2.24) is 0 Å². The van der Waals surface area contributed by atoms with Gasteiger partial charge in [-0.2, -0.15) is 5.26 Å². The van der Waals surface area contributed by atoms with Crippen molar-refractivity contribution in [3.8, 4) is 17.6 Å². The van der Waals surface area contributed by atoms with Gasteiger partial charge in [0.05, 0.1) is 12.7 Å². The molecule has 102 valence electrons. The van der Waals surface area contributed by atoms with Gasteiger partial charge in [-0.25, -0.2) is 0 Å². The van der Waals surface area contributed by atoms with Crippen LogP contribution in [0.2, 0.25) is 0 Å². The predicted octanol–water partition coefficient (Wildman–Crippen LogP) is 3.87. The van der Waals surface area contributed by atoms with Gasteiger partial charge in [-0.3, -0.25) is 0 Å². The number of nitriles is 1. The second-order valence-corrected chi connectivity index (χ2v) is 4.99. The first kappa shape index (κ1) is 14.3. The highest BCUT2D eigenvalue weighted by Crippen LogP contribution is 2.22. The number of rotatable bonds is 5. The Kier molecular flexibility index (Phi) is 4.91. The first-order valence-electron chi connectivity index (χ1n) is 6.10. The molecule has 2 aromatic carbocycles. The van der Waals surface area contributed by atoms with Gasteiger partial charge in [0.15, 0.2) is 0 Å². The molecule has 0 bridgehead atoms. The van der Waals surface area contributed by atoms with Crippen LogP contribution in [0, 0.1) is 11.3 Å². The van der Waals surface area contributed by atoms with E-state index in [1.165, 1.54) is 4.90 Å². The van der Waals surface area contributed by atoms with E-state index in [-0.39, 0.29) is 0 Å². The highest BCUT2D eigenvalue weighted by molar-refractivity contribution is 7.98. The van der Waals surface area contributed by atoms with Crippen molar-refractivity contribution in [2.45, 2.75) is 11.5 Å². The van der Waals surface area contributed by atoms with Crippen molar-refractivity contribution in [3.05, 3.63) is 53.6 Å². The summed E-state index contributed by atoms with van der Waals surface area (Å²) in [5.74, 6) is 1.40. The summed E-state index contributed by atoms with van der Waals surface area (Å²) in [7, 11) is 1.56. The summed E-state index contributed by atoms with van der Waals surface area (Å²) in [5, 5.41) is 9.04. The summed E-state index contributed by atoms with van der Waals surface area (Å²) < 4.78 is 10.8. The van der Waals surface area contributed by atoms with Crippen LogP contribution in [0.15, 0.2) is 47.4 Å². The average molecular weight is 285 g/mol. The number of hydrogen-bond acceptors (Lipinski definition) is 4. The van der Waals surface area contributed by atoms with Crippen LogP contribution in [0.5, 0.6) is 11.5 Å². The number of nitrogens with zero attached hydrogens (tertiary/aromatic N) is 1. The van der Waals surface area contributed by atoms with Crippen LogP contribution >= 0.6 is 11.8 Å². The molecule has 2 rings (SSSR count). The predicted molar refractivity (Wildman–Crippen MR) is 80.3 cm³/mol. The third-order valence-corrected chi connectivity index (χ3v) is 3.59. The maximum absolute atomic E-state index is 9.04. The zero-order valence-corrected chi connectivity index (χ0v) is 12.2. The highest BCUT2D eigenvalue weighted by Gasteiger charge is 2.04. The largest absolute Gasteiger partial charge is 0.495 e. The minimum absolute atomic E-state index is 0.428. The molecule has 2 aromatic rings. The topological polar surface area (TPSA) is 42.2 Å². The van der Waals surface area contributed by atoms with E-state index in [1.807, 2.05) is 36.6 Å². The lowest BCUT2D eigenvalue weighted by atomic mass is 10.1. The maximum atomic E-state index is 9.04. The molecule has 0 radical (unpaired) electrons. The standard InChI is InChI=1S/C16H15NO2S/c1-18-16-8-3-12(9-13(16)10-17)11-19-14-4-6-15(20-2)7-5-14/h3-9H,11H2,1-2H3. The van der Waals surface area contributed by atoms with E-state index in [1.54, 1.807) is 31.0 Å². The third-order valence-electron chi connectivity index (χ3n) is 2.85. The zero-order chi connectivity index (χ0) is 14.4. The quantitative estimate of drug-likeness (QED) is 0.782. The number of benzene rings is 2. The molecule has 0 spiro atoms. The Balaban J connectivity index is 2.05. The van der Waals surface area contributed by atoms with Crippen LogP contribution in [-0.2, 0) is 6.61 Å². The number of ether oxygens (including phenoxy) is 2. The summed E-state index contributed by atoms with van der Waals surface area (Å²) >= 11 is 1.70. The lowest BCUT2D eigenvalue weighted by Crippen LogP contribution is -1.97.